The van der Waals surface area contributed by atoms with Crippen LogP contribution in [-0.4, -0.2) is 44.0 Å². The number of aryl methyl sites for hydroxylation is 2. The van der Waals surface area contributed by atoms with Gasteiger partial charge in [-0.05, 0) is 37.1 Å². The molecule has 0 spiro atoms. The van der Waals surface area contributed by atoms with Gasteiger partial charge in [0.25, 0.3) is 0 Å². The van der Waals surface area contributed by atoms with Crippen molar-refractivity contribution in [3.63, 3.8) is 0 Å². The molecule has 2 amide bonds. The predicted octanol–water partition coefficient (Wildman–Crippen LogP) is 1.41. The van der Waals surface area contributed by atoms with Gasteiger partial charge >= 0.3 is 0 Å². The highest BCUT2D eigenvalue weighted by Crippen LogP contribution is 2.21. The highest BCUT2D eigenvalue weighted by Gasteiger charge is 2.36. The second kappa shape index (κ2) is 5.77. The second-order valence-electron chi connectivity index (χ2n) is 6.42. The van der Waals surface area contributed by atoms with Gasteiger partial charge in [0, 0.05) is 12.3 Å². The quantitative estimate of drug-likeness (QED) is 0.866. The molecule has 1 aromatic carbocycles. The van der Waals surface area contributed by atoms with Gasteiger partial charge in [-0.3, -0.25) is 14.5 Å². The molecule has 2 aromatic rings. The van der Waals surface area contributed by atoms with Gasteiger partial charge in [0.05, 0.1) is 36.6 Å². The summed E-state index contributed by atoms with van der Waals surface area (Å²) in [5, 5.41) is 10.3. The van der Waals surface area contributed by atoms with Crippen LogP contribution in [0, 0.1) is 19.8 Å². The maximum absolute atomic E-state index is 11.9. The highest BCUT2D eigenvalue weighted by atomic mass is 16.3. The molecule has 2 atom stereocenters. The van der Waals surface area contributed by atoms with Crippen LogP contribution in [0.25, 0.3) is 11.0 Å². The lowest BCUT2D eigenvalue weighted by atomic mass is 10.1. The standard InChI is InChI=1S/C17H21N3O3/c1-10-4-14-15(5-11(10)2)19(9-18-14)7-13(21)8-20-16(22)6-12(3)17(20)23/h4-5,9,12-13,21H,6-8H2,1-3H3/t12-,13+/m1/s1. The number of hydrogen-bond donors (Lipinski definition) is 1. The van der Waals surface area contributed by atoms with E-state index in [9.17, 15) is 14.7 Å². The van der Waals surface area contributed by atoms with Gasteiger partial charge in [0.2, 0.25) is 11.8 Å². The largest absolute Gasteiger partial charge is 0.389 e. The van der Waals surface area contributed by atoms with Crippen molar-refractivity contribution < 1.29 is 14.7 Å². The third kappa shape index (κ3) is 2.86. The molecule has 1 aliphatic heterocycles. The van der Waals surface area contributed by atoms with E-state index in [-0.39, 0.29) is 30.7 Å². The number of benzene rings is 1. The lowest BCUT2D eigenvalue weighted by Gasteiger charge is -2.19. The summed E-state index contributed by atoms with van der Waals surface area (Å²) in [5.74, 6) is -0.686. The Labute approximate surface area is 134 Å². The van der Waals surface area contributed by atoms with Gasteiger partial charge in [-0.15, -0.1) is 0 Å². The van der Waals surface area contributed by atoms with Crippen molar-refractivity contribution in [2.24, 2.45) is 5.92 Å². The first-order valence-electron chi connectivity index (χ1n) is 7.81. The van der Waals surface area contributed by atoms with Crippen LogP contribution in [0.4, 0.5) is 0 Å². The number of rotatable bonds is 4. The molecule has 23 heavy (non-hydrogen) atoms. The van der Waals surface area contributed by atoms with Crippen LogP contribution in [-0.2, 0) is 16.1 Å². The summed E-state index contributed by atoms with van der Waals surface area (Å²) in [6.45, 7) is 6.14. The second-order valence-corrected chi connectivity index (χ2v) is 6.42. The molecule has 1 fully saturated rings. The van der Waals surface area contributed by atoms with E-state index in [1.807, 2.05) is 30.5 Å². The third-order valence-electron chi connectivity index (χ3n) is 4.51. The lowest BCUT2D eigenvalue weighted by Crippen LogP contribution is -2.38. The van der Waals surface area contributed by atoms with Gasteiger partial charge in [-0.2, -0.15) is 0 Å². The Morgan fingerprint density at radius 2 is 1.96 bits per heavy atom. The lowest BCUT2D eigenvalue weighted by molar-refractivity contribution is -0.141. The number of fused-ring (bicyclic) bond motifs is 1. The van der Waals surface area contributed by atoms with E-state index in [4.69, 9.17) is 0 Å². The first-order valence-corrected chi connectivity index (χ1v) is 7.81. The fourth-order valence-corrected chi connectivity index (χ4v) is 2.99. The fourth-order valence-electron chi connectivity index (χ4n) is 2.99. The SMILES string of the molecule is Cc1cc2ncn(C[C@H](O)CN3C(=O)C[C@@H](C)C3=O)c2cc1C. The average Bonchev–Trinajstić information content (AvgIpc) is 2.96. The van der Waals surface area contributed by atoms with Gasteiger partial charge < -0.3 is 9.67 Å². The number of imide groups is 1. The van der Waals surface area contributed by atoms with Crippen molar-refractivity contribution in [3.05, 3.63) is 29.6 Å². The van der Waals surface area contributed by atoms with Gasteiger partial charge in [0.1, 0.15) is 0 Å². The van der Waals surface area contributed by atoms with E-state index >= 15 is 0 Å². The van der Waals surface area contributed by atoms with Crippen molar-refractivity contribution in [3.8, 4) is 0 Å². The number of likely N-dealkylation sites (tertiary alicyclic amines) is 1. The maximum Gasteiger partial charge on any atom is 0.232 e. The number of hydrogen-bond acceptors (Lipinski definition) is 4. The first kappa shape index (κ1) is 15.7. The molecule has 0 aliphatic carbocycles. The van der Waals surface area contributed by atoms with Gasteiger partial charge in [-0.1, -0.05) is 6.92 Å². The van der Waals surface area contributed by atoms with Crippen LogP contribution in [0.5, 0.6) is 0 Å². The molecule has 1 N–H and O–H groups in total. The maximum atomic E-state index is 11.9. The number of aliphatic hydroxyl groups is 1. The smallest absolute Gasteiger partial charge is 0.232 e. The Bertz CT molecular complexity index is 781. The molecule has 1 saturated heterocycles. The summed E-state index contributed by atoms with van der Waals surface area (Å²) in [7, 11) is 0. The van der Waals surface area contributed by atoms with E-state index in [1.165, 1.54) is 10.5 Å². The van der Waals surface area contributed by atoms with E-state index in [0.717, 1.165) is 16.6 Å². The minimum absolute atomic E-state index is 0.0342. The average molecular weight is 315 g/mol. The number of imidazole rings is 1. The van der Waals surface area contributed by atoms with E-state index in [0.29, 0.717) is 6.54 Å². The van der Waals surface area contributed by atoms with E-state index in [1.54, 1.807) is 13.3 Å². The molecule has 0 radical (unpaired) electrons. The Kier molecular flexibility index (Phi) is 3.93. The molecule has 6 heteroatoms. The third-order valence-corrected chi connectivity index (χ3v) is 4.51. The number of β-amino-alcohol motifs (C(OH)–C–C–N with tert-alkyl or cyclic N) is 1. The van der Waals surface area contributed by atoms with Crippen LogP contribution < -0.4 is 0 Å². The molecular formula is C17H21N3O3. The van der Waals surface area contributed by atoms with Crippen LogP contribution in [0.1, 0.15) is 24.5 Å². The minimum atomic E-state index is -0.813. The van der Waals surface area contributed by atoms with Gasteiger partial charge in [-0.25, -0.2) is 4.98 Å². The van der Waals surface area contributed by atoms with Crippen LogP contribution in [0.3, 0.4) is 0 Å². The normalized spacial score (nSPS) is 19.8. The Morgan fingerprint density at radius 3 is 2.61 bits per heavy atom. The number of aliphatic hydroxyl groups excluding tert-OH is 1. The molecule has 3 rings (SSSR count). The summed E-state index contributed by atoms with van der Waals surface area (Å²) in [4.78, 5) is 29.2. The zero-order valence-electron chi connectivity index (χ0n) is 13.6. The summed E-state index contributed by atoms with van der Waals surface area (Å²) in [5.41, 5.74) is 4.15. The molecule has 6 nitrogen and oxygen atoms in total. The molecule has 1 aromatic heterocycles. The number of aromatic nitrogens is 2. The summed E-state index contributed by atoms with van der Waals surface area (Å²) < 4.78 is 1.86. The molecule has 0 bridgehead atoms. The number of amides is 2. The number of carbonyl (C=O) groups is 2. The minimum Gasteiger partial charge on any atom is -0.389 e. The Morgan fingerprint density at radius 1 is 1.26 bits per heavy atom. The molecule has 0 saturated carbocycles. The topological polar surface area (TPSA) is 75.4 Å². The summed E-state index contributed by atoms with van der Waals surface area (Å²) in [6, 6.07) is 4.06. The number of carbonyl (C=O) groups excluding carboxylic acids is 2. The van der Waals surface area contributed by atoms with Gasteiger partial charge in [0.15, 0.2) is 0 Å². The van der Waals surface area contributed by atoms with Crippen molar-refractivity contribution in [1.82, 2.24) is 14.5 Å². The van der Waals surface area contributed by atoms with Crippen molar-refractivity contribution in [2.75, 3.05) is 6.54 Å². The molecule has 122 valence electrons. The number of nitrogens with zero attached hydrogens (tertiary/aromatic N) is 3. The van der Waals surface area contributed by atoms with Crippen LogP contribution in [0.15, 0.2) is 18.5 Å². The van der Waals surface area contributed by atoms with Crippen molar-refractivity contribution in [1.29, 1.82) is 0 Å². The Hall–Kier alpha value is -2.21. The summed E-state index contributed by atoms with van der Waals surface area (Å²) >= 11 is 0. The molecule has 1 aliphatic rings. The van der Waals surface area contributed by atoms with Crippen LogP contribution in [0.2, 0.25) is 0 Å². The molecule has 0 unspecified atom stereocenters. The molecule has 2 heterocycles. The van der Waals surface area contributed by atoms with Crippen LogP contribution >= 0.6 is 0 Å². The predicted molar refractivity (Wildman–Crippen MR) is 85.7 cm³/mol. The first-order chi connectivity index (χ1) is 10.9. The van der Waals surface area contributed by atoms with Crippen molar-refractivity contribution >= 4 is 22.8 Å². The zero-order valence-corrected chi connectivity index (χ0v) is 13.6. The Balaban J connectivity index is 1.76. The van der Waals surface area contributed by atoms with E-state index in [2.05, 4.69) is 4.98 Å². The van der Waals surface area contributed by atoms with Crippen molar-refractivity contribution in [2.45, 2.75) is 39.8 Å². The highest BCUT2D eigenvalue weighted by molar-refractivity contribution is 6.03. The molecular weight excluding hydrogens is 294 g/mol. The van der Waals surface area contributed by atoms with E-state index < -0.39 is 6.10 Å². The fraction of sp³-hybridized carbons (Fsp3) is 0.471. The summed E-state index contributed by atoms with van der Waals surface area (Å²) in [6.07, 6.45) is 1.10. The zero-order chi connectivity index (χ0) is 16.7. The monoisotopic (exact) mass is 315 g/mol.